The van der Waals surface area contributed by atoms with Gasteiger partial charge in [0.15, 0.2) is 0 Å². The summed E-state index contributed by atoms with van der Waals surface area (Å²) in [5.41, 5.74) is 0. The fourth-order valence-corrected chi connectivity index (χ4v) is 1.94. The zero-order valence-electron chi connectivity index (χ0n) is 14.0. The minimum atomic E-state index is -0.714. The highest BCUT2D eigenvalue weighted by molar-refractivity contribution is 5.66. The van der Waals surface area contributed by atoms with Crippen LogP contribution in [0.15, 0.2) is 48.6 Å². The van der Waals surface area contributed by atoms with Gasteiger partial charge in [-0.25, -0.2) is 0 Å². The molecule has 0 aromatic heterocycles. The monoisotopic (exact) mass is 304 g/mol. The normalized spacial score (nSPS) is 12.4. The van der Waals surface area contributed by atoms with Crippen molar-refractivity contribution in [2.75, 3.05) is 0 Å². The Morgan fingerprint density at radius 2 is 1.41 bits per heavy atom. The molecular formula is C20H32O2. The van der Waals surface area contributed by atoms with Crippen molar-refractivity contribution in [2.24, 2.45) is 0 Å². The third-order valence-electron chi connectivity index (χ3n) is 3.22. The van der Waals surface area contributed by atoms with Gasteiger partial charge in [-0.2, -0.15) is 0 Å². The van der Waals surface area contributed by atoms with E-state index in [1.165, 1.54) is 25.7 Å². The minimum Gasteiger partial charge on any atom is -0.481 e. The molecule has 0 amide bonds. The molecule has 0 aliphatic heterocycles. The Labute approximate surface area is 136 Å². The van der Waals surface area contributed by atoms with Gasteiger partial charge >= 0.3 is 5.97 Å². The Kier molecular flexibility index (Phi) is 16.2. The number of hydrogen-bond acceptors (Lipinski definition) is 1. The molecule has 124 valence electrons. The number of allylic oxidation sites excluding steroid dienone is 8. The Bertz CT molecular complexity index is 362. The summed E-state index contributed by atoms with van der Waals surface area (Å²) in [7, 11) is 0. The zero-order valence-corrected chi connectivity index (χ0v) is 14.0. The number of aliphatic carboxylic acids is 1. The molecule has 0 rings (SSSR count). The maximum atomic E-state index is 10.3. The van der Waals surface area contributed by atoms with Gasteiger partial charge in [0.25, 0.3) is 0 Å². The predicted octanol–water partition coefficient (Wildman–Crippen LogP) is 6.22. The zero-order chi connectivity index (χ0) is 16.3. The Hall–Kier alpha value is -1.57. The number of carboxylic acids is 1. The number of carboxylic acid groups (broad SMARTS) is 1. The number of rotatable bonds is 14. The lowest BCUT2D eigenvalue weighted by atomic mass is 10.2. The smallest absolute Gasteiger partial charge is 0.303 e. The molecule has 0 saturated carbocycles. The molecule has 0 saturated heterocycles. The first-order valence-corrected chi connectivity index (χ1v) is 8.60. The second-order valence-corrected chi connectivity index (χ2v) is 5.39. The molecule has 0 atom stereocenters. The molecule has 0 aliphatic carbocycles. The number of unbranched alkanes of at least 4 members (excludes halogenated alkanes) is 5. The first kappa shape index (κ1) is 20.4. The molecule has 0 radical (unpaired) electrons. The van der Waals surface area contributed by atoms with Crippen molar-refractivity contribution in [3.63, 3.8) is 0 Å². The fraction of sp³-hybridized carbons (Fsp3) is 0.550. The Morgan fingerprint density at radius 1 is 0.773 bits per heavy atom. The van der Waals surface area contributed by atoms with Crippen molar-refractivity contribution in [2.45, 2.75) is 71.1 Å². The van der Waals surface area contributed by atoms with Gasteiger partial charge in [0.2, 0.25) is 0 Å². The second-order valence-electron chi connectivity index (χ2n) is 5.39. The topological polar surface area (TPSA) is 37.3 Å². The van der Waals surface area contributed by atoms with Crippen molar-refractivity contribution < 1.29 is 9.90 Å². The average Bonchev–Trinajstić information content (AvgIpc) is 2.50. The van der Waals surface area contributed by atoms with E-state index in [2.05, 4.69) is 55.5 Å². The molecule has 22 heavy (non-hydrogen) atoms. The van der Waals surface area contributed by atoms with Gasteiger partial charge in [-0.15, -0.1) is 0 Å². The fourth-order valence-electron chi connectivity index (χ4n) is 1.94. The lowest BCUT2D eigenvalue weighted by Gasteiger charge is -1.91. The first-order valence-electron chi connectivity index (χ1n) is 8.60. The van der Waals surface area contributed by atoms with E-state index in [9.17, 15) is 4.79 Å². The van der Waals surface area contributed by atoms with Gasteiger partial charge in [0, 0.05) is 6.42 Å². The van der Waals surface area contributed by atoms with Gasteiger partial charge in [-0.1, -0.05) is 68.4 Å². The molecule has 0 heterocycles. The molecule has 0 aromatic rings. The molecule has 0 aromatic carbocycles. The molecular weight excluding hydrogens is 272 g/mol. The van der Waals surface area contributed by atoms with E-state index in [0.717, 1.165) is 32.1 Å². The highest BCUT2D eigenvalue weighted by Crippen LogP contribution is 2.02. The standard InChI is InChI=1S/C20H32O2/c1-2-3-4-5-6-7-8-9-10-11-12-13-14-15-16-17-18-19-20(21)22/h6-7,10-13,15-16H,2-5,8-9,14,17-19H2,1H3,(H,21,22). The summed E-state index contributed by atoms with van der Waals surface area (Å²) in [5.74, 6) is -0.714. The summed E-state index contributed by atoms with van der Waals surface area (Å²) in [6.45, 7) is 2.23. The molecule has 0 aliphatic rings. The van der Waals surface area contributed by atoms with Crippen LogP contribution in [0.3, 0.4) is 0 Å². The average molecular weight is 304 g/mol. The summed E-state index contributed by atoms with van der Waals surface area (Å²) in [6, 6.07) is 0. The molecule has 0 unspecified atom stereocenters. The van der Waals surface area contributed by atoms with Crippen LogP contribution in [-0.2, 0) is 4.79 Å². The van der Waals surface area contributed by atoms with Crippen LogP contribution in [0.4, 0.5) is 0 Å². The molecule has 2 heteroatoms. The highest BCUT2D eigenvalue weighted by atomic mass is 16.4. The molecule has 0 spiro atoms. The SMILES string of the molecule is CCCCCC=CCCC=CC=CCC=CCCCC(=O)O. The second kappa shape index (κ2) is 17.5. The van der Waals surface area contributed by atoms with Crippen LogP contribution < -0.4 is 0 Å². The summed E-state index contributed by atoms with van der Waals surface area (Å²) >= 11 is 0. The third-order valence-corrected chi connectivity index (χ3v) is 3.22. The van der Waals surface area contributed by atoms with E-state index in [1.807, 2.05) is 0 Å². The minimum absolute atomic E-state index is 0.260. The van der Waals surface area contributed by atoms with Crippen LogP contribution in [-0.4, -0.2) is 11.1 Å². The number of hydrogen-bond donors (Lipinski definition) is 1. The maximum absolute atomic E-state index is 10.3. The largest absolute Gasteiger partial charge is 0.481 e. The molecule has 0 bridgehead atoms. The lowest BCUT2D eigenvalue weighted by Crippen LogP contribution is -1.92. The van der Waals surface area contributed by atoms with Gasteiger partial charge in [-0.3, -0.25) is 4.79 Å². The van der Waals surface area contributed by atoms with E-state index >= 15 is 0 Å². The van der Waals surface area contributed by atoms with Gasteiger partial charge in [0.1, 0.15) is 0 Å². The van der Waals surface area contributed by atoms with Gasteiger partial charge in [0.05, 0.1) is 0 Å². The Balaban J connectivity index is 3.41. The van der Waals surface area contributed by atoms with Crippen molar-refractivity contribution in [3.8, 4) is 0 Å². The predicted molar refractivity (Wildman–Crippen MR) is 96.0 cm³/mol. The van der Waals surface area contributed by atoms with Crippen molar-refractivity contribution in [1.29, 1.82) is 0 Å². The summed E-state index contributed by atoms with van der Waals surface area (Å²) < 4.78 is 0. The van der Waals surface area contributed by atoms with Crippen LogP contribution in [0.25, 0.3) is 0 Å². The van der Waals surface area contributed by atoms with E-state index in [-0.39, 0.29) is 6.42 Å². The summed E-state index contributed by atoms with van der Waals surface area (Å²) in [6.07, 6.45) is 27.3. The van der Waals surface area contributed by atoms with E-state index < -0.39 is 5.97 Å². The summed E-state index contributed by atoms with van der Waals surface area (Å²) in [4.78, 5) is 10.3. The quantitative estimate of drug-likeness (QED) is 0.235. The first-order chi connectivity index (χ1) is 10.8. The van der Waals surface area contributed by atoms with Crippen molar-refractivity contribution in [3.05, 3.63) is 48.6 Å². The molecule has 0 fully saturated rings. The van der Waals surface area contributed by atoms with Gasteiger partial charge in [-0.05, 0) is 44.9 Å². The Morgan fingerprint density at radius 3 is 2.18 bits per heavy atom. The third kappa shape index (κ3) is 18.4. The van der Waals surface area contributed by atoms with E-state index in [1.54, 1.807) is 0 Å². The highest BCUT2D eigenvalue weighted by Gasteiger charge is 1.92. The van der Waals surface area contributed by atoms with E-state index in [4.69, 9.17) is 5.11 Å². The van der Waals surface area contributed by atoms with Crippen molar-refractivity contribution >= 4 is 5.97 Å². The molecule has 2 nitrogen and oxygen atoms in total. The van der Waals surface area contributed by atoms with E-state index in [0.29, 0.717) is 0 Å². The van der Waals surface area contributed by atoms with Crippen LogP contribution >= 0.6 is 0 Å². The van der Waals surface area contributed by atoms with Crippen LogP contribution in [0.5, 0.6) is 0 Å². The van der Waals surface area contributed by atoms with Crippen LogP contribution in [0, 0.1) is 0 Å². The van der Waals surface area contributed by atoms with Crippen LogP contribution in [0.1, 0.15) is 71.1 Å². The maximum Gasteiger partial charge on any atom is 0.303 e. The number of carbonyl (C=O) groups is 1. The lowest BCUT2D eigenvalue weighted by molar-refractivity contribution is -0.137. The van der Waals surface area contributed by atoms with Crippen molar-refractivity contribution in [1.82, 2.24) is 0 Å². The molecule has 1 N–H and O–H groups in total. The van der Waals surface area contributed by atoms with Crippen LogP contribution in [0.2, 0.25) is 0 Å². The van der Waals surface area contributed by atoms with Gasteiger partial charge < -0.3 is 5.11 Å². The summed E-state index contributed by atoms with van der Waals surface area (Å²) in [5, 5.41) is 8.49.